The first-order chi connectivity index (χ1) is 10.1. The summed E-state index contributed by atoms with van der Waals surface area (Å²) >= 11 is 0. The highest BCUT2D eigenvalue weighted by Crippen LogP contribution is 2.19. The van der Waals surface area contributed by atoms with Crippen LogP contribution in [0.15, 0.2) is 0 Å². The minimum absolute atomic E-state index is 0.0776. The third-order valence-corrected chi connectivity index (χ3v) is 4.12. The number of urea groups is 1. The molecule has 0 aliphatic carbocycles. The van der Waals surface area contributed by atoms with E-state index >= 15 is 0 Å². The number of rotatable bonds is 7. The fraction of sp³-hybridized carbons (Fsp3) is 0.875. The summed E-state index contributed by atoms with van der Waals surface area (Å²) in [4.78, 5) is 27.7. The van der Waals surface area contributed by atoms with Crippen molar-refractivity contribution >= 4 is 12.0 Å². The Morgan fingerprint density at radius 3 is 2.24 bits per heavy atom. The lowest BCUT2D eigenvalue weighted by Crippen LogP contribution is -2.51. The molecule has 0 aromatic rings. The smallest absolute Gasteiger partial charge is 0.326 e. The summed E-state index contributed by atoms with van der Waals surface area (Å²) in [6, 6.07) is -0.725. The Morgan fingerprint density at radius 1 is 1.10 bits per heavy atom. The molecule has 0 radical (unpaired) electrons. The number of likely N-dealkylation sites (tertiary alicyclic amines) is 1. The average Bonchev–Trinajstić information content (AvgIpc) is 2.72. The van der Waals surface area contributed by atoms with Crippen molar-refractivity contribution in [1.29, 1.82) is 0 Å². The number of aliphatic carboxylic acids is 1. The van der Waals surface area contributed by atoms with E-state index in [9.17, 15) is 14.7 Å². The number of carboxylic acids is 1. The van der Waals surface area contributed by atoms with Crippen LogP contribution in [-0.2, 0) is 4.79 Å². The molecule has 1 aliphatic rings. The van der Waals surface area contributed by atoms with Crippen LogP contribution in [0.2, 0.25) is 0 Å². The van der Waals surface area contributed by atoms with Crippen LogP contribution in [-0.4, -0.2) is 52.6 Å². The van der Waals surface area contributed by atoms with E-state index in [1.54, 1.807) is 4.90 Å². The number of carboxylic acid groups (broad SMARTS) is 1. The van der Waals surface area contributed by atoms with Gasteiger partial charge in [0.05, 0.1) is 0 Å². The maximum Gasteiger partial charge on any atom is 0.326 e. The van der Waals surface area contributed by atoms with Gasteiger partial charge in [0, 0.05) is 19.6 Å². The highest BCUT2D eigenvalue weighted by Gasteiger charge is 2.32. The molecule has 0 aromatic heterocycles. The Bertz CT molecular complexity index is 325. The molecule has 0 aromatic carbocycles. The van der Waals surface area contributed by atoms with E-state index < -0.39 is 12.0 Å². The van der Waals surface area contributed by atoms with Crippen molar-refractivity contribution in [2.75, 3.05) is 19.6 Å². The Morgan fingerprint density at radius 2 is 1.71 bits per heavy atom. The zero-order chi connectivity index (χ0) is 15.7. The molecule has 1 fully saturated rings. The van der Waals surface area contributed by atoms with Crippen molar-refractivity contribution in [3.05, 3.63) is 0 Å². The van der Waals surface area contributed by atoms with Crippen LogP contribution >= 0.6 is 0 Å². The van der Waals surface area contributed by atoms with Crippen LogP contribution in [0.3, 0.4) is 0 Å². The van der Waals surface area contributed by atoms with Crippen LogP contribution in [0, 0.1) is 0 Å². The van der Waals surface area contributed by atoms with Gasteiger partial charge in [0.15, 0.2) is 0 Å². The quantitative estimate of drug-likeness (QED) is 0.784. The van der Waals surface area contributed by atoms with Crippen molar-refractivity contribution in [2.24, 2.45) is 0 Å². The number of unbranched alkanes of at least 4 members (excludes halogenated alkanes) is 2. The largest absolute Gasteiger partial charge is 0.480 e. The molecule has 5 nitrogen and oxygen atoms in total. The third-order valence-electron chi connectivity index (χ3n) is 4.12. The van der Waals surface area contributed by atoms with Gasteiger partial charge >= 0.3 is 12.0 Å². The number of carbonyl (C=O) groups excluding carboxylic acids is 1. The fourth-order valence-corrected chi connectivity index (χ4v) is 2.78. The maximum absolute atomic E-state index is 12.8. The summed E-state index contributed by atoms with van der Waals surface area (Å²) in [5.41, 5.74) is 0. The van der Waals surface area contributed by atoms with Gasteiger partial charge in [0.1, 0.15) is 6.04 Å². The van der Waals surface area contributed by atoms with Gasteiger partial charge in [-0.25, -0.2) is 9.59 Å². The Kier molecular flexibility index (Phi) is 8.16. The van der Waals surface area contributed by atoms with E-state index in [0.29, 0.717) is 13.0 Å². The summed E-state index contributed by atoms with van der Waals surface area (Å²) in [6.07, 6.45) is 7.42. The van der Waals surface area contributed by atoms with Gasteiger partial charge in [0.25, 0.3) is 0 Å². The van der Waals surface area contributed by atoms with Crippen LogP contribution in [0.25, 0.3) is 0 Å². The zero-order valence-corrected chi connectivity index (χ0v) is 13.5. The Labute approximate surface area is 128 Å². The van der Waals surface area contributed by atoms with Gasteiger partial charge in [-0.05, 0) is 25.7 Å². The lowest BCUT2D eigenvalue weighted by atomic mass is 10.1. The highest BCUT2D eigenvalue weighted by atomic mass is 16.4. The van der Waals surface area contributed by atoms with Crippen LogP contribution in [0.1, 0.15) is 65.2 Å². The van der Waals surface area contributed by atoms with Gasteiger partial charge in [-0.15, -0.1) is 0 Å². The summed E-state index contributed by atoms with van der Waals surface area (Å²) in [5, 5.41) is 9.40. The second kappa shape index (κ2) is 9.64. The number of hydrogen-bond acceptors (Lipinski definition) is 2. The maximum atomic E-state index is 12.8. The van der Waals surface area contributed by atoms with Crippen molar-refractivity contribution < 1.29 is 14.7 Å². The molecule has 2 amide bonds. The predicted molar refractivity (Wildman–Crippen MR) is 83.4 cm³/mol. The average molecular weight is 298 g/mol. The lowest BCUT2D eigenvalue weighted by molar-refractivity contribution is -0.142. The van der Waals surface area contributed by atoms with Crippen LogP contribution < -0.4 is 0 Å². The fourth-order valence-electron chi connectivity index (χ4n) is 2.78. The summed E-state index contributed by atoms with van der Waals surface area (Å²) in [7, 11) is 0. The predicted octanol–water partition coefficient (Wildman–Crippen LogP) is 3.34. The minimum atomic E-state index is -0.865. The summed E-state index contributed by atoms with van der Waals surface area (Å²) < 4.78 is 0. The van der Waals surface area contributed by atoms with Crippen molar-refractivity contribution in [1.82, 2.24) is 9.80 Å². The number of carbonyl (C=O) groups is 2. The second-order valence-corrected chi connectivity index (χ2v) is 5.87. The number of nitrogens with zero attached hydrogens (tertiary/aromatic N) is 2. The summed E-state index contributed by atoms with van der Waals surface area (Å²) in [5.74, 6) is -0.865. The van der Waals surface area contributed by atoms with Crippen LogP contribution in [0.4, 0.5) is 4.79 Å². The molecule has 1 N–H and O–H groups in total. The third kappa shape index (κ3) is 5.56. The van der Waals surface area contributed by atoms with E-state index in [1.165, 1.54) is 0 Å². The lowest BCUT2D eigenvalue weighted by Gasteiger charge is -2.33. The first-order valence-electron chi connectivity index (χ1n) is 8.40. The SMILES string of the molecule is CCCCN(CCCC)C(=O)N1CCCCCC1C(=O)O. The molecule has 0 spiro atoms. The molecule has 1 aliphatic heterocycles. The molecule has 1 heterocycles. The van der Waals surface area contributed by atoms with Gasteiger partial charge in [-0.2, -0.15) is 0 Å². The highest BCUT2D eigenvalue weighted by molar-refractivity contribution is 5.82. The van der Waals surface area contributed by atoms with Crippen LogP contribution in [0.5, 0.6) is 0 Å². The number of amides is 2. The van der Waals surface area contributed by atoms with Gasteiger partial charge in [0.2, 0.25) is 0 Å². The molecule has 21 heavy (non-hydrogen) atoms. The molecule has 122 valence electrons. The van der Waals surface area contributed by atoms with Crippen molar-refractivity contribution in [3.8, 4) is 0 Å². The Hall–Kier alpha value is -1.26. The first-order valence-corrected chi connectivity index (χ1v) is 8.40. The molecule has 1 saturated heterocycles. The van der Waals surface area contributed by atoms with Crippen molar-refractivity contribution in [2.45, 2.75) is 71.3 Å². The monoisotopic (exact) mass is 298 g/mol. The van der Waals surface area contributed by atoms with E-state index in [4.69, 9.17) is 0 Å². The normalized spacial score (nSPS) is 19.1. The van der Waals surface area contributed by atoms with Gasteiger partial charge in [-0.3, -0.25) is 0 Å². The molecule has 1 atom stereocenters. The van der Waals surface area contributed by atoms with E-state index in [1.807, 2.05) is 4.90 Å². The molecule has 0 bridgehead atoms. The van der Waals surface area contributed by atoms with E-state index in [2.05, 4.69) is 13.8 Å². The topological polar surface area (TPSA) is 60.9 Å². The van der Waals surface area contributed by atoms with Crippen molar-refractivity contribution in [3.63, 3.8) is 0 Å². The first kappa shape index (κ1) is 17.8. The van der Waals surface area contributed by atoms with E-state index in [-0.39, 0.29) is 6.03 Å². The molecular formula is C16H30N2O3. The molecule has 1 rings (SSSR count). The molecule has 0 saturated carbocycles. The Balaban J connectivity index is 2.78. The summed E-state index contributed by atoms with van der Waals surface area (Å²) in [6.45, 7) is 6.25. The number of hydrogen-bond donors (Lipinski definition) is 1. The zero-order valence-electron chi connectivity index (χ0n) is 13.5. The molecular weight excluding hydrogens is 268 g/mol. The minimum Gasteiger partial charge on any atom is -0.480 e. The van der Waals surface area contributed by atoms with E-state index in [0.717, 1.165) is 58.0 Å². The standard InChI is InChI=1S/C16H30N2O3/c1-3-5-11-17(12-6-4-2)16(21)18-13-9-7-8-10-14(18)15(19)20/h14H,3-13H2,1-2H3,(H,19,20). The molecule has 1 unspecified atom stereocenters. The second-order valence-electron chi connectivity index (χ2n) is 5.87. The van der Waals surface area contributed by atoms with Gasteiger partial charge in [-0.1, -0.05) is 39.5 Å². The molecule has 5 heteroatoms. The van der Waals surface area contributed by atoms with Gasteiger partial charge < -0.3 is 14.9 Å².